The Balaban J connectivity index is 2.19. The van der Waals surface area contributed by atoms with Crippen LogP contribution in [0.4, 0.5) is 0 Å². The van der Waals surface area contributed by atoms with Crippen molar-refractivity contribution >= 4 is 15.9 Å². The van der Waals surface area contributed by atoms with Gasteiger partial charge in [0.05, 0.1) is 16.1 Å². The maximum absolute atomic E-state index is 12.4. The highest BCUT2D eigenvalue weighted by atomic mass is 32.2. The lowest BCUT2D eigenvalue weighted by Gasteiger charge is -2.25. The van der Waals surface area contributed by atoms with Crippen molar-refractivity contribution in [3.63, 3.8) is 0 Å². The fraction of sp³-hybridized carbons (Fsp3) is 0.294. The lowest BCUT2D eigenvalue weighted by atomic mass is 9.99. The Morgan fingerprint density at radius 3 is 2.21 bits per heavy atom. The van der Waals surface area contributed by atoms with Gasteiger partial charge in [-0.25, -0.2) is 12.7 Å². The number of carbonyl (C=O) groups is 1. The highest BCUT2D eigenvalue weighted by Crippen LogP contribution is 2.19. The van der Waals surface area contributed by atoms with E-state index in [1.807, 2.05) is 32.0 Å². The van der Waals surface area contributed by atoms with Gasteiger partial charge in [0.25, 0.3) is 5.91 Å². The van der Waals surface area contributed by atoms with Crippen molar-refractivity contribution in [2.45, 2.75) is 24.3 Å². The second-order valence-corrected chi connectivity index (χ2v) is 8.26. The van der Waals surface area contributed by atoms with Crippen LogP contribution in [0.25, 0.3) is 0 Å². The molecule has 0 atom stereocenters. The van der Waals surface area contributed by atoms with Gasteiger partial charge in [-0.3, -0.25) is 9.78 Å². The minimum Gasteiger partial charge on any atom is -0.342 e. The normalized spacial score (nSPS) is 12.2. The molecule has 0 aliphatic rings. The number of sulfonamides is 1. The third-order valence-corrected chi connectivity index (χ3v) is 5.46. The summed E-state index contributed by atoms with van der Waals surface area (Å²) in [4.78, 5) is 16.8. The second kappa shape index (κ2) is 6.70. The van der Waals surface area contributed by atoms with Gasteiger partial charge >= 0.3 is 0 Å². The molecular formula is C17H21N3O3S. The zero-order valence-corrected chi connectivity index (χ0v) is 15.0. The van der Waals surface area contributed by atoms with Crippen LogP contribution in [-0.2, 0) is 15.6 Å². The molecule has 1 N–H and O–H groups in total. The van der Waals surface area contributed by atoms with Crippen molar-refractivity contribution in [1.29, 1.82) is 0 Å². The molecule has 0 aliphatic carbocycles. The molecule has 1 aromatic heterocycles. The number of nitrogens with zero attached hydrogens (tertiary/aromatic N) is 2. The Morgan fingerprint density at radius 1 is 1.08 bits per heavy atom. The number of amides is 1. The summed E-state index contributed by atoms with van der Waals surface area (Å²) in [5.41, 5.74) is 0.481. The van der Waals surface area contributed by atoms with Crippen molar-refractivity contribution in [3.8, 4) is 0 Å². The van der Waals surface area contributed by atoms with Gasteiger partial charge in [-0.1, -0.05) is 6.07 Å². The van der Waals surface area contributed by atoms with Crippen LogP contribution in [0.5, 0.6) is 0 Å². The van der Waals surface area contributed by atoms with E-state index in [0.717, 1.165) is 10.00 Å². The quantitative estimate of drug-likeness (QED) is 0.897. The number of pyridine rings is 1. The van der Waals surface area contributed by atoms with Crippen molar-refractivity contribution in [1.82, 2.24) is 14.6 Å². The predicted octanol–water partition coefficient (Wildman–Crippen LogP) is 2.00. The smallest absolute Gasteiger partial charge is 0.252 e. The van der Waals surface area contributed by atoms with Crippen LogP contribution >= 0.6 is 0 Å². The van der Waals surface area contributed by atoms with Gasteiger partial charge in [-0.05, 0) is 50.2 Å². The molecule has 0 unspecified atom stereocenters. The van der Waals surface area contributed by atoms with Crippen LogP contribution in [0, 0.1) is 0 Å². The fourth-order valence-electron chi connectivity index (χ4n) is 2.14. The van der Waals surface area contributed by atoms with Gasteiger partial charge in [0.1, 0.15) is 0 Å². The van der Waals surface area contributed by atoms with E-state index in [9.17, 15) is 13.2 Å². The topological polar surface area (TPSA) is 79.4 Å². The molecule has 2 rings (SSSR count). The summed E-state index contributed by atoms with van der Waals surface area (Å²) in [5, 5.41) is 2.91. The maximum Gasteiger partial charge on any atom is 0.252 e. The number of hydrogen-bond donors (Lipinski definition) is 1. The van der Waals surface area contributed by atoms with Crippen molar-refractivity contribution in [2.75, 3.05) is 14.1 Å². The van der Waals surface area contributed by atoms with E-state index >= 15 is 0 Å². The van der Waals surface area contributed by atoms with E-state index in [0.29, 0.717) is 5.56 Å². The number of aromatic nitrogens is 1. The molecule has 0 spiro atoms. The largest absolute Gasteiger partial charge is 0.342 e. The van der Waals surface area contributed by atoms with Crippen molar-refractivity contribution < 1.29 is 13.2 Å². The Morgan fingerprint density at radius 2 is 1.71 bits per heavy atom. The summed E-state index contributed by atoms with van der Waals surface area (Å²) >= 11 is 0. The Hall–Kier alpha value is -2.25. The molecule has 24 heavy (non-hydrogen) atoms. The van der Waals surface area contributed by atoms with E-state index in [2.05, 4.69) is 10.3 Å². The monoisotopic (exact) mass is 347 g/mol. The van der Waals surface area contributed by atoms with E-state index in [1.165, 1.54) is 38.4 Å². The minimum absolute atomic E-state index is 0.146. The molecule has 1 heterocycles. The van der Waals surface area contributed by atoms with Crippen LogP contribution in [0.15, 0.2) is 53.6 Å². The van der Waals surface area contributed by atoms with Crippen LogP contribution in [0.1, 0.15) is 29.9 Å². The first-order chi connectivity index (χ1) is 11.1. The second-order valence-electron chi connectivity index (χ2n) is 6.11. The van der Waals surface area contributed by atoms with E-state index < -0.39 is 15.6 Å². The zero-order chi connectivity index (χ0) is 18.0. The van der Waals surface area contributed by atoms with Crippen LogP contribution < -0.4 is 5.32 Å². The van der Waals surface area contributed by atoms with Crippen LogP contribution in [0.3, 0.4) is 0 Å². The summed E-state index contributed by atoms with van der Waals surface area (Å²) in [7, 11) is -0.579. The number of benzene rings is 1. The number of rotatable bonds is 5. The third-order valence-electron chi connectivity index (χ3n) is 3.63. The SMILES string of the molecule is CN(C)S(=O)(=O)c1ccc(C(=O)NC(C)(C)c2ccccn2)cc1. The van der Waals surface area contributed by atoms with Gasteiger partial charge < -0.3 is 5.32 Å². The number of hydrogen-bond acceptors (Lipinski definition) is 4. The summed E-state index contributed by atoms with van der Waals surface area (Å²) in [6.45, 7) is 3.72. The van der Waals surface area contributed by atoms with Gasteiger partial charge in [-0.15, -0.1) is 0 Å². The van der Waals surface area contributed by atoms with Gasteiger partial charge in [0.15, 0.2) is 0 Å². The van der Waals surface area contributed by atoms with Crippen LogP contribution in [-0.4, -0.2) is 37.7 Å². The van der Waals surface area contributed by atoms with E-state index in [4.69, 9.17) is 0 Å². The fourth-order valence-corrected chi connectivity index (χ4v) is 3.04. The lowest BCUT2D eigenvalue weighted by Crippen LogP contribution is -2.41. The molecule has 1 aromatic carbocycles. The van der Waals surface area contributed by atoms with Gasteiger partial charge in [-0.2, -0.15) is 0 Å². The molecular weight excluding hydrogens is 326 g/mol. The molecule has 2 aromatic rings. The number of nitrogens with one attached hydrogen (secondary N) is 1. The highest BCUT2D eigenvalue weighted by molar-refractivity contribution is 7.89. The Bertz CT molecular complexity index is 814. The summed E-state index contributed by atoms with van der Waals surface area (Å²) < 4.78 is 25.2. The zero-order valence-electron chi connectivity index (χ0n) is 14.1. The highest BCUT2D eigenvalue weighted by Gasteiger charge is 2.25. The van der Waals surface area contributed by atoms with E-state index in [1.54, 1.807) is 6.20 Å². The van der Waals surface area contributed by atoms with Gasteiger partial charge in [0.2, 0.25) is 10.0 Å². The lowest BCUT2D eigenvalue weighted by molar-refractivity contribution is 0.0910. The number of carbonyl (C=O) groups excluding carboxylic acids is 1. The predicted molar refractivity (Wildman–Crippen MR) is 92.0 cm³/mol. The minimum atomic E-state index is -3.51. The molecule has 1 amide bonds. The summed E-state index contributed by atoms with van der Waals surface area (Å²) in [6, 6.07) is 11.4. The van der Waals surface area contributed by atoms with Gasteiger partial charge in [0, 0.05) is 25.9 Å². The van der Waals surface area contributed by atoms with Crippen molar-refractivity contribution in [3.05, 3.63) is 59.9 Å². The average molecular weight is 347 g/mol. The third kappa shape index (κ3) is 3.80. The Kier molecular flexibility index (Phi) is 5.05. The molecule has 0 fully saturated rings. The molecule has 6 nitrogen and oxygen atoms in total. The summed E-state index contributed by atoms with van der Waals surface area (Å²) in [5.74, 6) is -0.292. The van der Waals surface area contributed by atoms with Crippen molar-refractivity contribution in [2.24, 2.45) is 0 Å². The molecule has 0 radical (unpaired) electrons. The first kappa shape index (κ1) is 18.1. The molecule has 7 heteroatoms. The molecule has 0 bridgehead atoms. The molecule has 0 saturated carbocycles. The molecule has 128 valence electrons. The summed E-state index contributed by atoms with van der Waals surface area (Å²) in [6.07, 6.45) is 1.67. The first-order valence-corrected chi connectivity index (χ1v) is 8.85. The maximum atomic E-state index is 12.4. The average Bonchev–Trinajstić information content (AvgIpc) is 2.55. The standard InChI is InChI=1S/C17H21N3O3S/c1-17(2,15-7-5-6-12-18-15)19-16(21)13-8-10-14(11-9-13)24(22,23)20(3)4/h5-12H,1-4H3,(H,19,21). The Labute approximate surface area is 142 Å². The first-order valence-electron chi connectivity index (χ1n) is 7.41. The molecule has 0 saturated heterocycles. The molecule has 0 aliphatic heterocycles. The van der Waals surface area contributed by atoms with Crippen LogP contribution in [0.2, 0.25) is 0 Å². The van der Waals surface area contributed by atoms with E-state index in [-0.39, 0.29) is 10.8 Å².